The molecule has 0 aliphatic carbocycles. The van der Waals surface area contributed by atoms with E-state index in [-0.39, 0.29) is 27.8 Å². The number of carbonyl (C=O) groups is 3. The molecule has 1 saturated heterocycles. The van der Waals surface area contributed by atoms with Crippen LogP contribution in [0, 0.1) is 12.7 Å². The molecule has 1 atom stereocenters. The highest BCUT2D eigenvalue weighted by Crippen LogP contribution is 2.44. The van der Waals surface area contributed by atoms with Crippen LogP contribution in [-0.4, -0.2) is 47.6 Å². The number of nitrogens with zero attached hydrogens (tertiary/aromatic N) is 2. The van der Waals surface area contributed by atoms with Gasteiger partial charge in [-0.05, 0) is 42.8 Å². The Morgan fingerprint density at radius 3 is 2.63 bits per heavy atom. The van der Waals surface area contributed by atoms with Gasteiger partial charge in [-0.1, -0.05) is 36.1 Å². The van der Waals surface area contributed by atoms with E-state index < -0.39 is 35.3 Å². The van der Waals surface area contributed by atoms with E-state index in [0.29, 0.717) is 36.0 Å². The number of ether oxygens (including phenoxy) is 3. The number of rotatable bonds is 6. The largest absolute Gasteiger partial charge is 0.507 e. The first-order valence-electron chi connectivity index (χ1n) is 11.5. The molecule has 2 aliphatic rings. The average Bonchev–Trinajstić information content (AvgIpc) is 3.43. The highest BCUT2D eigenvalue weighted by molar-refractivity contribution is 7.17. The molecular weight excluding hydrogens is 515 g/mol. The van der Waals surface area contributed by atoms with Gasteiger partial charge in [0.2, 0.25) is 0 Å². The van der Waals surface area contributed by atoms with Gasteiger partial charge in [-0.15, -0.1) is 0 Å². The number of ketones is 1. The van der Waals surface area contributed by atoms with Crippen molar-refractivity contribution in [3.8, 4) is 11.5 Å². The first-order valence-corrected chi connectivity index (χ1v) is 12.3. The molecule has 3 aromatic rings. The van der Waals surface area contributed by atoms with Crippen LogP contribution in [0.3, 0.4) is 0 Å². The van der Waals surface area contributed by atoms with Crippen molar-refractivity contribution < 1.29 is 38.1 Å². The third-order valence-electron chi connectivity index (χ3n) is 5.95. The SMILES string of the molecule is C=CCOC(=O)c1sc(N2C(=O)C(=O)C(=C(O)c3ccc4c(c3)OCCO4)[C@H]2c2ccc(F)cc2)nc1C. The number of amides is 1. The monoisotopic (exact) mass is 536 g/mol. The number of hydrogen-bond acceptors (Lipinski definition) is 9. The first kappa shape index (κ1) is 25.2. The number of halogens is 1. The Labute approximate surface area is 220 Å². The molecule has 0 unspecified atom stereocenters. The Morgan fingerprint density at radius 2 is 1.92 bits per heavy atom. The molecule has 11 heteroatoms. The summed E-state index contributed by atoms with van der Waals surface area (Å²) < 4.78 is 30.0. The lowest BCUT2D eigenvalue weighted by Crippen LogP contribution is -2.29. The van der Waals surface area contributed by atoms with Crippen LogP contribution >= 0.6 is 11.3 Å². The second-order valence-electron chi connectivity index (χ2n) is 8.38. The number of aliphatic hydroxyl groups excluding tert-OH is 1. The minimum Gasteiger partial charge on any atom is -0.507 e. The molecule has 194 valence electrons. The standard InChI is InChI=1S/C27H21FN2O7S/c1-3-10-37-26(34)24-14(2)29-27(38-24)30-21(15-4-7-17(28)8-5-15)20(23(32)25(30)33)22(31)16-6-9-18-19(13-16)36-12-11-35-18/h3-9,13,21,31H,1,10-12H2,2H3/t21-/m1/s1. The van der Waals surface area contributed by atoms with Crippen LogP contribution in [-0.2, 0) is 14.3 Å². The Kier molecular flexibility index (Phi) is 6.68. The van der Waals surface area contributed by atoms with E-state index in [9.17, 15) is 23.9 Å². The highest BCUT2D eigenvalue weighted by Gasteiger charge is 2.48. The summed E-state index contributed by atoms with van der Waals surface area (Å²) in [6.07, 6.45) is 1.42. The predicted octanol–water partition coefficient (Wildman–Crippen LogP) is 4.33. The zero-order chi connectivity index (χ0) is 27.0. The maximum atomic E-state index is 13.8. The van der Waals surface area contributed by atoms with Gasteiger partial charge in [-0.3, -0.25) is 14.5 Å². The van der Waals surface area contributed by atoms with Crippen LogP contribution in [0.2, 0.25) is 0 Å². The summed E-state index contributed by atoms with van der Waals surface area (Å²) in [7, 11) is 0. The second kappa shape index (κ2) is 10.1. The number of fused-ring (bicyclic) bond motifs is 1. The minimum absolute atomic E-state index is 0.0128. The molecule has 9 nitrogen and oxygen atoms in total. The number of Topliss-reactive ketones (excluding diaryl/α,β-unsaturated/α-hetero) is 1. The zero-order valence-corrected chi connectivity index (χ0v) is 20.9. The maximum absolute atomic E-state index is 13.8. The van der Waals surface area contributed by atoms with Crippen LogP contribution in [0.4, 0.5) is 9.52 Å². The van der Waals surface area contributed by atoms with Crippen molar-refractivity contribution in [3.05, 3.63) is 88.2 Å². The lowest BCUT2D eigenvalue weighted by molar-refractivity contribution is -0.132. The molecule has 38 heavy (non-hydrogen) atoms. The molecular formula is C27H21FN2O7S. The molecule has 0 spiro atoms. The Balaban J connectivity index is 1.64. The Hall–Kier alpha value is -4.51. The van der Waals surface area contributed by atoms with Gasteiger partial charge < -0.3 is 19.3 Å². The lowest BCUT2D eigenvalue weighted by atomic mass is 9.95. The van der Waals surface area contributed by atoms with Crippen LogP contribution in [0.25, 0.3) is 5.76 Å². The number of aliphatic hydroxyl groups is 1. The normalized spacial score (nSPS) is 17.9. The first-order chi connectivity index (χ1) is 18.3. The van der Waals surface area contributed by atoms with E-state index in [2.05, 4.69) is 11.6 Å². The zero-order valence-electron chi connectivity index (χ0n) is 20.1. The Bertz CT molecular complexity index is 1500. The summed E-state index contributed by atoms with van der Waals surface area (Å²) >= 11 is 0.869. The van der Waals surface area contributed by atoms with Gasteiger partial charge in [0.1, 0.15) is 36.3 Å². The van der Waals surface area contributed by atoms with E-state index in [4.69, 9.17) is 14.2 Å². The summed E-state index contributed by atoms with van der Waals surface area (Å²) in [5, 5.41) is 11.4. The summed E-state index contributed by atoms with van der Waals surface area (Å²) in [6.45, 7) is 5.77. The second-order valence-corrected chi connectivity index (χ2v) is 9.35. The van der Waals surface area contributed by atoms with Crippen molar-refractivity contribution >= 4 is 39.9 Å². The predicted molar refractivity (Wildman–Crippen MR) is 136 cm³/mol. The van der Waals surface area contributed by atoms with E-state index >= 15 is 0 Å². The fourth-order valence-corrected chi connectivity index (χ4v) is 5.20. The van der Waals surface area contributed by atoms with Gasteiger partial charge >= 0.3 is 11.9 Å². The molecule has 1 aromatic heterocycles. The number of thiazole rings is 1. The molecule has 1 amide bonds. The van der Waals surface area contributed by atoms with Crippen molar-refractivity contribution in [1.82, 2.24) is 4.98 Å². The number of aromatic nitrogens is 1. The van der Waals surface area contributed by atoms with E-state index in [1.54, 1.807) is 19.1 Å². The number of anilines is 1. The van der Waals surface area contributed by atoms with Gasteiger partial charge in [0, 0.05) is 5.56 Å². The molecule has 2 aromatic carbocycles. The van der Waals surface area contributed by atoms with Crippen LogP contribution in [0.5, 0.6) is 11.5 Å². The maximum Gasteiger partial charge on any atom is 0.350 e. The molecule has 2 aliphatic heterocycles. The topological polar surface area (TPSA) is 115 Å². The molecule has 1 N–H and O–H groups in total. The van der Waals surface area contributed by atoms with Crippen molar-refractivity contribution in [3.63, 3.8) is 0 Å². The third kappa shape index (κ3) is 4.41. The summed E-state index contributed by atoms with van der Waals surface area (Å²) in [5.74, 6) is -2.68. The molecule has 5 rings (SSSR count). The number of aryl methyl sites for hydroxylation is 1. The summed E-state index contributed by atoms with van der Waals surface area (Å²) in [4.78, 5) is 44.8. The van der Waals surface area contributed by atoms with Crippen molar-refractivity contribution in [2.45, 2.75) is 13.0 Å². The van der Waals surface area contributed by atoms with Gasteiger partial charge in [0.15, 0.2) is 16.6 Å². The summed E-state index contributed by atoms with van der Waals surface area (Å²) in [6, 6.07) is 8.70. The highest BCUT2D eigenvalue weighted by atomic mass is 32.1. The van der Waals surface area contributed by atoms with Crippen molar-refractivity contribution in [1.29, 1.82) is 0 Å². The number of benzene rings is 2. The van der Waals surface area contributed by atoms with Gasteiger partial charge in [-0.25, -0.2) is 14.2 Å². The molecule has 3 heterocycles. The van der Waals surface area contributed by atoms with Gasteiger partial charge in [-0.2, -0.15) is 0 Å². The van der Waals surface area contributed by atoms with Crippen LogP contribution < -0.4 is 14.4 Å². The quantitative estimate of drug-likeness (QED) is 0.163. The number of carbonyl (C=O) groups excluding carboxylic acids is 3. The fourth-order valence-electron chi connectivity index (χ4n) is 4.21. The fraction of sp³-hybridized carbons (Fsp3) is 0.185. The van der Waals surface area contributed by atoms with Gasteiger partial charge in [0.25, 0.3) is 5.78 Å². The molecule has 0 bridgehead atoms. The molecule has 0 radical (unpaired) electrons. The van der Waals surface area contributed by atoms with Crippen molar-refractivity contribution in [2.24, 2.45) is 0 Å². The number of esters is 1. The lowest BCUT2D eigenvalue weighted by Gasteiger charge is -2.23. The van der Waals surface area contributed by atoms with Crippen LogP contribution in [0.15, 0.2) is 60.7 Å². The minimum atomic E-state index is -1.15. The third-order valence-corrected chi connectivity index (χ3v) is 7.09. The average molecular weight is 537 g/mol. The number of hydrogen-bond donors (Lipinski definition) is 1. The van der Waals surface area contributed by atoms with E-state index in [0.717, 1.165) is 16.2 Å². The van der Waals surface area contributed by atoms with Crippen LogP contribution in [0.1, 0.15) is 32.5 Å². The molecule has 1 fully saturated rings. The van der Waals surface area contributed by atoms with Crippen molar-refractivity contribution in [2.75, 3.05) is 24.7 Å². The molecule has 0 saturated carbocycles. The van der Waals surface area contributed by atoms with E-state index in [1.165, 1.54) is 36.4 Å². The van der Waals surface area contributed by atoms with E-state index in [1.807, 2.05) is 0 Å². The Morgan fingerprint density at radius 1 is 1.21 bits per heavy atom. The van der Waals surface area contributed by atoms with Gasteiger partial charge in [0.05, 0.1) is 17.3 Å². The smallest absolute Gasteiger partial charge is 0.350 e. The summed E-state index contributed by atoms with van der Waals surface area (Å²) in [5.41, 5.74) is 0.657.